The highest BCUT2D eigenvalue weighted by molar-refractivity contribution is 5.70. The van der Waals surface area contributed by atoms with Crippen molar-refractivity contribution in [2.75, 3.05) is 12.5 Å². The molecule has 0 amide bonds. The minimum atomic E-state index is -0.349. The normalized spacial score (nSPS) is 10.1. The van der Waals surface area contributed by atoms with Crippen LogP contribution in [0.3, 0.4) is 0 Å². The van der Waals surface area contributed by atoms with E-state index in [1.165, 1.54) is 0 Å². The van der Waals surface area contributed by atoms with E-state index in [-0.39, 0.29) is 38.1 Å². The third kappa shape index (κ3) is 6.19. The number of hydrogen-bond donors (Lipinski definition) is 2. The topological polar surface area (TPSA) is 105 Å². The van der Waals surface area contributed by atoms with Gasteiger partial charge in [-0.05, 0) is 18.9 Å². The summed E-state index contributed by atoms with van der Waals surface area (Å²) in [5.74, 6) is -0.654. The van der Waals surface area contributed by atoms with Crippen LogP contribution in [0.15, 0.2) is 24.3 Å². The molecule has 0 spiro atoms. The van der Waals surface area contributed by atoms with Crippen molar-refractivity contribution in [2.24, 2.45) is 5.73 Å². The highest BCUT2D eigenvalue weighted by Crippen LogP contribution is 2.12. The molecule has 0 heterocycles. The fourth-order valence-corrected chi connectivity index (χ4v) is 1.60. The van der Waals surface area contributed by atoms with E-state index in [0.29, 0.717) is 18.5 Å². The summed E-state index contributed by atoms with van der Waals surface area (Å²) in [6, 6.07) is 7.22. The van der Waals surface area contributed by atoms with E-state index in [4.69, 9.17) is 16.2 Å². The SMILES string of the molecule is NCOC(=O)CCCCC(=O)OCc1ccccc1N. The lowest BCUT2D eigenvalue weighted by Crippen LogP contribution is -2.12. The number of ether oxygens (including phenoxy) is 2. The number of nitrogen functional groups attached to an aromatic ring is 1. The van der Waals surface area contributed by atoms with Gasteiger partial charge in [0, 0.05) is 24.1 Å². The highest BCUT2D eigenvalue weighted by atomic mass is 16.5. The van der Waals surface area contributed by atoms with Gasteiger partial charge < -0.3 is 15.2 Å². The van der Waals surface area contributed by atoms with Gasteiger partial charge in [-0.2, -0.15) is 0 Å². The molecular weight excluding hydrogens is 260 g/mol. The van der Waals surface area contributed by atoms with Gasteiger partial charge in [-0.15, -0.1) is 0 Å². The van der Waals surface area contributed by atoms with Gasteiger partial charge in [0.05, 0.1) is 0 Å². The summed E-state index contributed by atoms with van der Waals surface area (Å²) in [6.45, 7) is 0.0556. The van der Waals surface area contributed by atoms with Crippen molar-refractivity contribution < 1.29 is 19.1 Å². The standard InChI is InChI=1S/C14H20N2O4/c15-10-20-14(18)8-4-3-7-13(17)19-9-11-5-1-2-6-12(11)16/h1-2,5-6H,3-4,7-10,15-16H2. The number of anilines is 1. The van der Waals surface area contributed by atoms with Gasteiger partial charge in [-0.25, -0.2) is 0 Å². The Morgan fingerprint density at radius 2 is 1.60 bits per heavy atom. The van der Waals surface area contributed by atoms with Crippen LogP contribution in [-0.4, -0.2) is 18.7 Å². The highest BCUT2D eigenvalue weighted by Gasteiger charge is 2.07. The lowest BCUT2D eigenvalue weighted by atomic mass is 10.2. The summed E-state index contributed by atoms with van der Waals surface area (Å²) in [5.41, 5.74) is 12.2. The molecule has 1 aromatic carbocycles. The van der Waals surface area contributed by atoms with Gasteiger partial charge in [0.15, 0.2) is 0 Å². The maximum atomic E-state index is 11.5. The lowest BCUT2D eigenvalue weighted by molar-refractivity contribution is -0.146. The van der Waals surface area contributed by atoms with Crippen molar-refractivity contribution in [1.29, 1.82) is 0 Å². The van der Waals surface area contributed by atoms with E-state index in [1.807, 2.05) is 18.2 Å². The molecule has 4 N–H and O–H groups in total. The summed E-state index contributed by atoms with van der Waals surface area (Å²) < 4.78 is 9.68. The Labute approximate surface area is 118 Å². The van der Waals surface area contributed by atoms with Crippen molar-refractivity contribution in [1.82, 2.24) is 0 Å². The molecule has 0 saturated heterocycles. The summed E-state index contributed by atoms with van der Waals surface area (Å²) in [5, 5.41) is 0. The number of nitrogens with two attached hydrogens (primary N) is 2. The fraction of sp³-hybridized carbons (Fsp3) is 0.429. The van der Waals surface area contributed by atoms with Gasteiger partial charge in [0.2, 0.25) is 0 Å². The van der Waals surface area contributed by atoms with Gasteiger partial charge in [-0.3, -0.25) is 15.3 Å². The second-order valence-corrected chi connectivity index (χ2v) is 4.25. The Hall–Kier alpha value is -2.08. The van der Waals surface area contributed by atoms with Gasteiger partial charge in [-0.1, -0.05) is 18.2 Å². The first-order chi connectivity index (χ1) is 9.63. The smallest absolute Gasteiger partial charge is 0.307 e. The van der Waals surface area contributed by atoms with Gasteiger partial charge in [0.25, 0.3) is 0 Å². The number of hydrogen-bond acceptors (Lipinski definition) is 6. The van der Waals surface area contributed by atoms with Crippen LogP contribution in [0.5, 0.6) is 0 Å². The second-order valence-electron chi connectivity index (χ2n) is 4.25. The van der Waals surface area contributed by atoms with Crippen molar-refractivity contribution in [3.05, 3.63) is 29.8 Å². The minimum Gasteiger partial charge on any atom is -0.461 e. The average Bonchev–Trinajstić information content (AvgIpc) is 2.43. The Balaban J connectivity index is 2.15. The molecule has 0 fully saturated rings. The molecule has 0 aromatic heterocycles. The zero-order valence-electron chi connectivity index (χ0n) is 11.3. The number of esters is 2. The van der Waals surface area contributed by atoms with Crippen molar-refractivity contribution >= 4 is 17.6 Å². The number of benzene rings is 1. The Bertz CT molecular complexity index is 449. The quantitative estimate of drug-likeness (QED) is 0.322. The molecule has 110 valence electrons. The van der Waals surface area contributed by atoms with Gasteiger partial charge in [0.1, 0.15) is 13.3 Å². The summed E-state index contributed by atoms with van der Waals surface area (Å²) in [7, 11) is 0. The molecule has 6 nitrogen and oxygen atoms in total. The lowest BCUT2D eigenvalue weighted by Gasteiger charge is -2.07. The van der Waals surface area contributed by atoms with E-state index in [2.05, 4.69) is 4.74 Å². The number of carbonyl (C=O) groups excluding carboxylic acids is 2. The molecular formula is C14H20N2O4. The molecule has 0 atom stereocenters. The van der Waals surface area contributed by atoms with Crippen molar-refractivity contribution in [3.63, 3.8) is 0 Å². The largest absolute Gasteiger partial charge is 0.461 e. The zero-order valence-corrected chi connectivity index (χ0v) is 11.3. The minimum absolute atomic E-state index is 0.112. The molecule has 0 unspecified atom stereocenters. The molecule has 0 aliphatic heterocycles. The van der Waals surface area contributed by atoms with E-state index in [1.54, 1.807) is 6.07 Å². The maximum absolute atomic E-state index is 11.5. The Kier molecular flexibility index (Phi) is 7.13. The summed E-state index contributed by atoms with van der Waals surface area (Å²) in [4.78, 5) is 22.5. The van der Waals surface area contributed by atoms with Crippen LogP contribution in [0.1, 0.15) is 31.2 Å². The first-order valence-electron chi connectivity index (χ1n) is 6.48. The van der Waals surface area contributed by atoms with Crippen LogP contribution >= 0.6 is 0 Å². The van der Waals surface area contributed by atoms with Gasteiger partial charge >= 0.3 is 11.9 Å². The molecule has 1 rings (SSSR count). The predicted octanol–water partition coefficient (Wildman–Crippen LogP) is 1.33. The molecule has 0 aliphatic rings. The van der Waals surface area contributed by atoms with E-state index in [0.717, 1.165) is 5.56 Å². The molecule has 0 bridgehead atoms. The third-order valence-electron chi connectivity index (χ3n) is 2.70. The van der Waals surface area contributed by atoms with Crippen LogP contribution < -0.4 is 11.5 Å². The second kappa shape index (κ2) is 8.92. The van der Waals surface area contributed by atoms with E-state index in [9.17, 15) is 9.59 Å². The predicted molar refractivity (Wildman–Crippen MR) is 74.3 cm³/mol. The fourth-order valence-electron chi connectivity index (χ4n) is 1.60. The summed E-state index contributed by atoms with van der Waals surface area (Å²) in [6.07, 6.45) is 1.67. The van der Waals surface area contributed by atoms with E-state index < -0.39 is 0 Å². The Morgan fingerprint density at radius 1 is 1.00 bits per heavy atom. The maximum Gasteiger partial charge on any atom is 0.307 e. The number of rotatable bonds is 8. The first kappa shape index (κ1) is 16.0. The molecule has 0 saturated carbocycles. The van der Waals surface area contributed by atoms with Crippen LogP contribution in [-0.2, 0) is 25.7 Å². The first-order valence-corrected chi connectivity index (χ1v) is 6.48. The summed E-state index contributed by atoms with van der Waals surface area (Å²) >= 11 is 0. The van der Waals surface area contributed by atoms with Crippen molar-refractivity contribution in [2.45, 2.75) is 32.3 Å². The third-order valence-corrected chi connectivity index (χ3v) is 2.70. The van der Waals surface area contributed by atoms with E-state index >= 15 is 0 Å². The van der Waals surface area contributed by atoms with Crippen LogP contribution in [0.25, 0.3) is 0 Å². The van der Waals surface area contributed by atoms with Crippen LogP contribution in [0.4, 0.5) is 5.69 Å². The van der Waals surface area contributed by atoms with Crippen molar-refractivity contribution in [3.8, 4) is 0 Å². The number of carbonyl (C=O) groups is 2. The molecule has 0 radical (unpaired) electrons. The molecule has 0 aliphatic carbocycles. The molecule has 1 aromatic rings. The van der Waals surface area contributed by atoms with Crippen LogP contribution in [0, 0.1) is 0 Å². The molecule has 6 heteroatoms. The Morgan fingerprint density at radius 3 is 2.20 bits per heavy atom. The average molecular weight is 280 g/mol. The monoisotopic (exact) mass is 280 g/mol. The number of unbranched alkanes of at least 4 members (excludes halogenated alkanes) is 1. The molecule has 20 heavy (non-hydrogen) atoms. The van der Waals surface area contributed by atoms with Crippen LogP contribution in [0.2, 0.25) is 0 Å². The zero-order chi connectivity index (χ0) is 14.8. The number of para-hydroxylation sites is 1.